The predicted molar refractivity (Wildman–Crippen MR) is 164 cm³/mol. The molecule has 210 valence electrons. The number of rotatable bonds is 11. The number of nitrogens with one attached hydrogen (secondary N) is 1. The number of amides is 3. The molecule has 4 aromatic rings. The standard InChI is InChI=1S/C34H34ClN3O3/c1-23(2)36-33(40)30(21-24-9-4-3-5-10-24)38(22-25-16-18-27(35)19-17-25)31(39)15-8-20-37-29-14-7-12-26-11-6-13-28(32(26)29)34(37)41/h3-7,9-14,16-19,23,30H,8,15,20-22H2,1-2H3,(H,36,40). The van der Waals surface area contributed by atoms with E-state index in [1.807, 2.05) is 92.7 Å². The van der Waals surface area contributed by atoms with Crippen LogP contribution in [0.2, 0.25) is 5.02 Å². The van der Waals surface area contributed by atoms with Crippen molar-refractivity contribution in [3.63, 3.8) is 0 Å². The first kappa shape index (κ1) is 28.4. The van der Waals surface area contributed by atoms with Gasteiger partial charge in [0.15, 0.2) is 0 Å². The SMILES string of the molecule is CC(C)NC(=O)C(Cc1ccccc1)N(Cc1ccc(Cl)cc1)C(=O)CCCN1C(=O)c2cccc3cccc1c23. The van der Waals surface area contributed by atoms with Crippen molar-refractivity contribution >= 4 is 45.8 Å². The quantitative estimate of drug-likeness (QED) is 0.228. The molecule has 1 aliphatic rings. The number of carbonyl (C=O) groups is 3. The van der Waals surface area contributed by atoms with Crippen LogP contribution in [0, 0.1) is 0 Å². The van der Waals surface area contributed by atoms with Crippen LogP contribution in [0.1, 0.15) is 48.2 Å². The summed E-state index contributed by atoms with van der Waals surface area (Å²) in [5.74, 6) is -0.370. The molecule has 7 heteroatoms. The largest absolute Gasteiger partial charge is 0.352 e. The first-order valence-corrected chi connectivity index (χ1v) is 14.4. The zero-order valence-electron chi connectivity index (χ0n) is 23.3. The van der Waals surface area contributed by atoms with Crippen molar-refractivity contribution in [2.45, 2.75) is 51.7 Å². The van der Waals surface area contributed by atoms with E-state index in [1.165, 1.54) is 0 Å². The Morgan fingerprint density at radius 2 is 1.59 bits per heavy atom. The van der Waals surface area contributed by atoms with Crippen molar-refractivity contribution in [1.29, 1.82) is 0 Å². The molecule has 5 rings (SSSR count). The molecule has 0 saturated heterocycles. The van der Waals surface area contributed by atoms with Crippen LogP contribution in [0.5, 0.6) is 0 Å². The second-order valence-corrected chi connectivity index (χ2v) is 11.2. The van der Waals surface area contributed by atoms with E-state index in [0.717, 1.165) is 27.6 Å². The highest BCUT2D eigenvalue weighted by atomic mass is 35.5. The fraction of sp³-hybridized carbons (Fsp3) is 0.265. The first-order chi connectivity index (χ1) is 19.8. The van der Waals surface area contributed by atoms with Crippen LogP contribution >= 0.6 is 11.6 Å². The van der Waals surface area contributed by atoms with Crippen molar-refractivity contribution in [2.75, 3.05) is 11.4 Å². The Morgan fingerprint density at radius 1 is 0.878 bits per heavy atom. The Morgan fingerprint density at radius 3 is 2.29 bits per heavy atom. The van der Waals surface area contributed by atoms with Gasteiger partial charge in [0, 0.05) is 47.9 Å². The van der Waals surface area contributed by atoms with Crippen molar-refractivity contribution in [1.82, 2.24) is 10.2 Å². The van der Waals surface area contributed by atoms with Crippen molar-refractivity contribution in [3.05, 3.63) is 113 Å². The molecule has 1 unspecified atom stereocenters. The summed E-state index contributed by atoms with van der Waals surface area (Å²) in [7, 11) is 0. The van der Waals surface area contributed by atoms with Gasteiger partial charge in [0.2, 0.25) is 11.8 Å². The number of nitrogens with zero attached hydrogens (tertiary/aromatic N) is 2. The van der Waals surface area contributed by atoms with Gasteiger partial charge in [-0.25, -0.2) is 0 Å². The molecule has 6 nitrogen and oxygen atoms in total. The van der Waals surface area contributed by atoms with Gasteiger partial charge in [0.1, 0.15) is 6.04 Å². The molecule has 1 aliphatic heterocycles. The minimum absolute atomic E-state index is 0.0412. The summed E-state index contributed by atoms with van der Waals surface area (Å²) in [6, 6.07) is 28.0. The highest BCUT2D eigenvalue weighted by Gasteiger charge is 2.32. The molecule has 41 heavy (non-hydrogen) atoms. The van der Waals surface area contributed by atoms with Gasteiger partial charge in [-0.2, -0.15) is 0 Å². The minimum atomic E-state index is -0.700. The minimum Gasteiger partial charge on any atom is -0.352 e. The Hall–Kier alpha value is -4.16. The zero-order chi connectivity index (χ0) is 28.9. The van der Waals surface area contributed by atoms with E-state index < -0.39 is 6.04 Å². The van der Waals surface area contributed by atoms with Crippen LogP contribution in [0.15, 0.2) is 91.0 Å². The molecule has 0 spiro atoms. The van der Waals surface area contributed by atoms with Gasteiger partial charge in [-0.05, 0) is 61.0 Å². The van der Waals surface area contributed by atoms with Gasteiger partial charge in [-0.3, -0.25) is 14.4 Å². The predicted octanol–water partition coefficient (Wildman–Crippen LogP) is 6.40. The molecule has 1 atom stereocenters. The van der Waals surface area contributed by atoms with Gasteiger partial charge >= 0.3 is 0 Å². The summed E-state index contributed by atoms with van der Waals surface area (Å²) in [6.45, 7) is 4.50. The number of hydrogen-bond acceptors (Lipinski definition) is 3. The average Bonchev–Trinajstić information content (AvgIpc) is 3.24. The van der Waals surface area contributed by atoms with Crippen LogP contribution in [-0.2, 0) is 22.6 Å². The lowest BCUT2D eigenvalue weighted by Crippen LogP contribution is -2.51. The normalized spacial score (nSPS) is 13.1. The van der Waals surface area contributed by atoms with Gasteiger partial charge in [0.05, 0.1) is 5.69 Å². The fourth-order valence-corrected chi connectivity index (χ4v) is 5.58. The number of anilines is 1. The zero-order valence-corrected chi connectivity index (χ0v) is 24.1. The second kappa shape index (κ2) is 12.6. The molecule has 1 heterocycles. The Kier molecular flexibility index (Phi) is 8.70. The molecule has 4 aromatic carbocycles. The van der Waals surface area contributed by atoms with Crippen molar-refractivity contribution < 1.29 is 14.4 Å². The summed E-state index contributed by atoms with van der Waals surface area (Å²) in [5, 5.41) is 5.61. The van der Waals surface area contributed by atoms with Crippen LogP contribution in [-0.4, -0.2) is 41.2 Å². The molecule has 0 bridgehead atoms. The monoisotopic (exact) mass is 567 g/mol. The van der Waals surface area contributed by atoms with Crippen LogP contribution < -0.4 is 10.2 Å². The van der Waals surface area contributed by atoms with Crippen molar-refractivity contribution in [2.24, 2.45) is 0 Å². The maximum absolute atomic E-state index is 13.9. The topological polar surface area (TPSA) is 69.7 Å². The molecule has 0 aromatic heterocycles. The van der Waals surface area contributed by atoms with Crippen LogP contribution in [0.4, 0.5) is 5.69 Å². The Balaban J connectivity index is 1.37. The molecule has 0 radical (unpaired) electrons. The smallest absolute Gasteiger partial charge is 0.258 e. The summed E-state index contributed by atoms with van der Waals surface area (Å²) in [6.07, 6.45) is 1.06. The summed E-state index contributed by atoms with van der Waals surface area (Å²) in [5.41, 5.74) is 3.43. The van der Waals surface area contributed by atoms with E-state index in [4.69, 9.17) is 11.6 Å². The number of halogens is 1. The third-order valence-corrected chi connectivity index (χ3v) is 7.64. The summed E-state index contributed by atoms with van der Waals surface area (Å²) < 4.78 is 0. The van der Waals surface area contributed by atoms with E-state index >= 15 is 0 Å². The van der Waals surface area contributed by atoms with Gasteiger partial charge < -0.3 is 15.1 Å². The highest BCUT2D eigenvalue weighted by molar-refractivity contribution is 6.30. The van der Waals surface area contributed by atoms with Crippen LogP contribution in [0.25, 0.3) is 10.8 Å². The van der Waals surface area contributed by atoms with E-state index in [0.29, 0.717) is 30.0 Å². The van der Waals surface area contributed by atoms with Gasteiger partial charge in [0.25, 0.3) is 5.91 Å². The molecular formula is C34H34ClN3O3. The maximum atomic E-state index is 13.9. The Labute approximate surface area is 245 Å². The average molecular weight is 568 g/mol. The van der Waals surface area contributed by atoms with Crippen LogP contribution in [0.3, 0.4) is 0 Å². The van der Waals surface area contributed by atoms with E-state index in [2.05, 4.69) is 5.32 Å². The van der Waals surface area contributed by atoms with Gasteiger partial charge in [-0.15, -0.1) is 0 Å². The number of hydrogen-bond donors (Lipinski definition) is 1. The Bertz CT molecular complexity index is 1550. The number of benzene rings is 4. The fourth-order valence-electron chi connectivity index (χ4n) is 5.45. The summed E-state index contributed by atoms with van der Waals surface area (Å²) >= 11 is 6.12. The third kappa shape index (κ3) is 6.44. The molecule has 0 fully saturated rings. The van der Waals surface area contributed by atoms with E-state index in [1.54, 1.807) is 21.9 Å². The lowest BCUT2D eigenvalue weighted by Gasteiger charge is -2.32. The number of carbonyl (C=O) groups excluding carboxylic acids is 3. The van der Waals surface area contributed by atoms with Gasteiger partial charge in [-0.1, -0.05) is 78.3 Å². The second-order valence-electron chi connectivity index (χ2n) is 10.8. The summed E-state index contributed by atoms with van der Waals surface area (Å²) in [4.78, 5) is 44.1. The molecule has 1 N–H and O–H groups in total. The molecular weight excluding hydrogens is 534 g/mol. The molecule has 0 aliphatic carbocycles. The van der Waals surface area contributed by atoms with E-state index in [-0.39, 0.29) is 36.7 Å². The highest BCUT2D eigenvalue weighted by Crippen LogP contribution is 2.37. The van der Waals surface area contributed by atoms with E-state index in [9.17, 15) is 14.4 Å². The molecule has 0 saturated carbocycles. The lowest BCUT2D eigenvalue weighted by molar-refractivity contribution is -0.141. The maximum Gasteiger partial charge on any atom is 0.258 e. The first-order valence-electron chi connectivity index (χ1n) is 14.0. The lowest BCUT2D eigenvalue weighted by atomic mass is 10.0. The molecule has 3 amide bonds. The third-order valence-electron chi connectivity index (χ3n) is 7.39. The van der Waals surface area contributed by atoms with Crippen molar-refractivity contribution in [3.8, 4) is 0 Å².